The van der Waals surface area contributed by atoms with Gasteiger partial charge in [-0.3, -0.25) is 0 Å². The van der Waals surface area contributed by atoms with Gasteiger partial charge in [-0.25, -0.2) is 0 Å². The van der Waals surface area contributed by atoms with Crippen LogP contribution in [0.25, 0.3) is 0 Å². The van der Waals surface area contributed by atoms with Crippen molar-refractivity contribution in [1.29, 1.82) is 0 Å². The lowest BCUT2D eigenvalue weighted by Gasteiger charge is -2.11. The Labute approximate surface area is 128 Å². The molecule has 6 heteroatoms. The highest BCUT2D eigenvalue weighted by Crippen LogP contribution is 2.32. The Morgan fingerprint density at radius 1 is 1.43 bits per heavy atom. The normalized spacial score (nSPS) is 21.9. The third-order valence-corrected chi connectivity index (χ3v) is 4.13. The summed E-state index contributed by atoms with van der Waals surface area (Å²) in [6.07, 6.45) is 1.39. The number of nitrogens with two attached hydrogens (primary N) is 1. The molecule has 1 aromatic carbocycles. The van der Waals surface area contributed by atoms with Gasteiger partial charge >= 0.3 is 0 Å². The van der Waals surface area contributed by atoms with Crippen molar-refractivity contribution in [3.05, 3.63) is 46.1 Å². The van der Waals surface area contributed by atoms with E-state index in [1.165, 1.54) is 0 Å². The molecule has 1 aliphatic heterocycles. The number of halogens is 1. The van der Waals surface area contributed by atoms with Crippen LogP contribution in [0.5, 0.6) is 0 Å². The Kier molecular flexibility index (Phi) is 4.24. The number of nitrogens with zero attached hydrogens (tertiary/aromatic N) is 2. The van der Waals surface area contributed by atoms with Gasteiger partial charge in [-0.1, -0.05) is 22.8 Å². The van der Waals surface area contributed by atoms with Crippen LogP contribution in [0.15, 0.2) is 22.7 Å². The summed E-state index contributed by atoms with van der Waals surface area (Å²) in [6.45, 7) is 3.28. The van der Waals surface area contributed by atoms with Crippen molar-refractivity contribution in [2.45, 2.75) is 25.9 Å². The van der Waals surface area contributed by atoms with Crippen LogP contribution in [0.1, 0.15) is 35.4 Å². The van der Waals surface area contributed by atoms with Crippen LogP contribution in [0.3, 0.4) is 0 Å². The molecule has 0 amide bonds. The number of ether oxygens (including phenoxy) is 1. The topological polar surface area (TPSA) is 74.2 Å². The maximum Gasteiger partial charge on any atom is 0.256 e. The number of hydrogen-bond acceptors (Lipinski definition) is 5. The Morgan fingerprint density at radius 3 is 3.05 bits per heavy atom. The fourth-order valence-electron chi connectivity index (χ4n) is 2.63. The molecule has 0 aliphatic carbocycles. The zero-order chi connectivity index (χ0) is 14.8. The minimum Gasteiger partial charge on any atom is -0.368 e. The van der Waals surface area contributed by atoms with E-state index < -0.39 is 0 Å². The van der Waals surface area contributed by atoms with Crippen molar-refractivity contribution >= 4 is 11.6 Å². The molecule has 1 saturated heterocycles. The van der Waals surface area contributed by atoms with E-state index in [1.807, 2.05) is 25.1 Å². The molecule has 1 aliphatic rings. The Bertz CT molecular complexity index is 629. The van der Waals surface area contributed by atoms with Gasteiger partial charge in [0.2, 0.25) is 0 Å². The van der Waals surface area contributed by atoms with Gasteiger partial charge in [-0.15, -0.1) is 0 Å². The highest BCUT2D eigenvalue weighted by atomic mass is 35.5. The summed E-state index contributed by atoms with van der Waals surface area (Å²) in [7, 11) is 0. The van der Waals surface area contributed by atoms with Gasteiger partial charge < -0.3 is 15.0 Å². The molecule has 2 aromatic rings. The molecular weight excluding hydrogens is 290 g/mol. The van der Waals surface area contributed by atoms with Gasteiger partial charge in [0, 0.05) is 24.0 Å². The molecule has 1 fully saturated rings. The molecule has 21 heavy (non-hydrogen) atoms. The second kappa shape index (κ2) is 6.13. The lowest BCUT2D eigenvalue weighted by atomic mass is 10.0. The monoisotopic (exact) mass is 307 g/mol. The average Bonchev–Trinajstić information content (AvgIpc) is 3.10. The fourth-order valence-corrected chi connectivity index (χ4v) is 2.86. The van der Waals surface area contributed by atoms with Gasteiger partial charge in [0.25, 0.3) is 5.89 Å². The van der Waals surface area contributed by atoms with Crippen molar-refractivity contribution in [1.82, 2.24) is 10.1 Å². The summed E-state index contributed by atoms with van der Waals surface area (Å²) in [6, 6.07) is 5.79. The number of aromatic nitrogens is 2. The SMILES string of the molecule is Cc1cc(Cl)ccc1Cc1noc([C@H]2OCC[C@H]2CN)n1. The molecule has 2 N–H and O–H groups in total. The number of hydrogen-bond donors (Lipinski definition) is 1. The molecular formula is C15H18ClN3O2. The third kappa shape index (κ3) is 3.10. The van der Waals surface area contributed by atoms with E-state index in [4.69, 9.17) is 26.6 Å². The quantitative estimate of drug-likeness (QED) is 0.940. The van der Waals surface area contributed by atoms with E-state index in [9.17, 15) is 0 Å². The lowest BCUT2D eigenvalue weighted by Crippen LogP contribution is -2.18. The molecule has 0 bridgehead atoms. The first-order valence-corrected chi connectivity index (χ1v) is 7.44. The van der Waals surface area contributed by atoms with E-state index >= 15 is 0 Å². The van der Waals surface area contributed by atoms with Crippen molar-refractivity contribution in [3.63, 3.8) is 0 Å². The van der Waals surface area contributed by atoms with Crippen molar-refractivity contribution in [2.75, 3.05) is 13.2 Å². The number of rotatable bonds is 4. The second-order valence-electron chi connectivity index (χ2n) is 5.37. The minimum absolute atomic E-state index is 0.164. The predicted octanol–water partition coefficient (Wildman–Crippen LogP) is 2.66. The molecule has 0 unspecified atom stereocenters. The van der Waals surface area contributed by atoms with Crippen LogP contribution in [-0.4, -0.2) is 23.3 Å². The maximum absolute atomic E-state index is 5.96. The number of aryl methyl sites for hydroxylation is 1. The largest absolute Gasteiger partial charge is 0.368 e. The molecule has 2 atom stereocenters. The second-order valence-corrected chi connectivity index (χ2v) is 5.81. The number of benzene rings is 1. The van der Waals surface area contributed by atoms with Crippen molar-refractivity contribution in [2.24, 2.45) is 11.7 Å². The van der Waals surface area contributed by atoms with Gasteiger partial charge in [-0.05, 0) is 43.1 Å². The van der Waals surface area contributed by atoms with Gasteiger partial charge in [0.05, 0.1) is 0 Å². The summed E-state index contributed by atoms with van der Waals surface area (Å²) in [5.41, 5.74) is 7.99. The summed E-state index contributed by atoms with van der Waals surface area (Å²) in [5.74, 6) is 1.45. The van der Waals surface area contributed by atoms with E-state index in [1.54, 1.807) is 0 Å². The fraction of sp³-hybridized carbons (Fsp3) is 0.467. The third-order valence-electron chi connectivity index (χ3n) is 3.90. The predicted molar refractivity (Wildman–Crippen MR) is 79.1 cm³/mol. The van der Waals surface area contributed by atoms with E-state index in [0.29, 0.717) is 31.3 Å². The molecule has 2 heterocycles. The van der Waals surface area contributed by atoms with Crippen molar-refractivity contribution < 1.29 is 9.26 Å². The van der Waals surface area contributed by atoms with Gasteiger partial charge in [-0.2, -0.15) is 4.98 Å². The minimum atomic E-state index is -0.164. The molecule has 112 valence electrons. The first-order valence-electron chi connectivity index (χ1n) is 7.06. The van der Waals surface area contributed by atoms with Crippen LogP contribution >= 0.6 is 11.6 Å². The smallest absolute Gasteiger partial charge is 0.256 e. The molecule has 0 spiro atoms. The summed E-state index contributed by atoms with van der Waals surface area (Å²) in [4.78, 5) is 4.46. The summed E-state index contributed by atoms with van der Waals surface area (Å²) >= 11 is 5.96. The van der Waals surface area contributed by atoms with E-state index in [2.05, 4.69) is 10.1 Å². The van der Waals surface area contributed by atoms with Crippen LogP contribution in [0.2, 0.25) is 5.02 Å². The zero-order valence-corrected chi connectivity index (χ0v) is 12.6. The van der Waals surface area contributed by atoms with Crippen LogP contribution in [0.4, 0.5) is 0 Å². The summed E-state index contributed by atoms with van der Waals surface area (Å²) < 4.78 is 11.0. The van der Waals surface area contributed by atoms with Crippen LogP contribution < -0.4 is 5.73 Å². The average molecular weight is 308 g/mol. The first-order chi connectivity index (χ1) is 10.2. The van der Waals surface area contributed by atoms with E-state index in [-0.39, 0.29) is 12.0 Å². The van der Waals surface area contributed by atoms with Gasteiger partial charge in [0.1, 0.15) is 6.10 Å². The Hall–Kier alpha value is -1.43. The molecule has 1 aromatic heterocycles. The highest BCUT2D eigenvalue weighted by Gasteiger charge is 2.33. The molecule has 0 radical (unpaired) electrons. The Balaban J connectivity index is 1.76. The Morgan fingerprint density at radius 2 is 2.29 bits per heavy atom. The van der Waals surface area contributed by atoms with Crippen LogP contribution in [0, 0.1) is 12.8 Å². The zero-order valence-electron chi connectivity index (χ0n) is 11.9. The lowest BCUT2D eigenvalue weighted by molar-refractivity contribution is 0.0642. The standard InChI is InChI=1S/C15H18ClN3O2/c1-9-6-12(16)3-2-10(9)7-13-18-15(21-19-13)14-11(8-17)4-5-20-14/h2-3,6,11,14H,4-5,7-8,17H2,1H3/t11-,14-/m0/s1. The molecule has 0 saturated carbocycles. The molecule has 5 nitrogen and oxygen atoms in total. The van der Waals surface area contributed by atoms with E-state index in [0.717, 1.165) is 22.6 Å². The van der Waals surface area contributed by atoms with Crippen molar-refractivity contribution in [3.8, 4) is 0 Å². The molecule has 3 rings (SSSR count). The van der Waals surface area contributed by atoms with Crippen LogP contribution in [-0.2, 0) is 11.2 Å². The van der Waals surface area contributed by atoms with Gasteiger partial charge in [0.15, 0.2) is 5.82 Å². The summed E-state index contributed by atoms with van der Waals surface area (Å²) in [5, 5.41) is 4.78. The maximum atomic E-state index is 5.96. The first kappa shape index (κ1) is 14.5. The highest BCUT2D eigenvalue weighted by molar-refractivity contribution is 6.30.